The van der Waals surface area contributed by atoms with E-state index in [-0.39, 0.29) is 0 Å². The van der Waals surface area contributed by atoms with Crippen LogP contribution in [-0.4, -0.2) is 11.4 Å². The quantitative estimate of drug-likeness (QED) is 0.599. The predicted octanol–water partition coefficient (Wildman–Crippen LogP) is 5.23. The van der Waals surface area contributed by atoms with Gasteiger partial charge in [0.05, 0.1) is 0 Å². The van der Waals surface area contributed by atoms with Gasteiger partial charge in [0, 0.05) is 5.56 Å². The number of hydrogen-bond acceptors (Lipinski definition) is 2. The molecule has 2 heteroatoms. The Kier molecular flexibility index (Phi) is 8.11. The van der Waals surface area contributed by atoms with E-state index in [0.717, 1.165) is 86.3 Å². The molecule has 0 bridgehead atoms. The van der Waals surface area contributed by atoms with Gasteiger partial charge in [-0.25, -0.2) is 0 Å². The van der Waals surface area contributed by atoms with Gasteiger partial charge in [0.2, 0.25) is 0 Å². The molecule has 1 rings (SSSR count). The van der Waals surface area contributed by atoms with Crippen molar-refractivity contribution < 1.29 is 9.90 Å². The van der Waals surface area contributed by atoms with Gasteiger partial charge in [0.25, 0.3) is 0 Å². The van der Waals surface area contributed by atoms with Gasteiger partial charge in [0.1, 0.15) is 12.0 Å². The summed E-state index contributed by atoms with van der Waals surface area (Å²) in [4.78, 5) is 11.5. The molecule has 0 radical (unpaired) electrons. The Morgan fingerprint density at radius 3 is 1.95 bits per heavy atom. The third-order valence-corrected chi connectivity index (χ3v) is 4.12. The predicted molar refractivity (Wildman–Crippen MR) is 89.3 cm³/mol. The highest BCUT2D eigenvalue weighted by molar-refractivity contribution is 5.79. The first-order valence-electron chi connectivity index (χ1n) is 8.51. The van der Waals surface area contributed by atoms with Crippen molar-refractivity contribution in [3.05, 3.63) is 28.3 Å². The van der Waals surface area contributed by atoms with Gasteiger partial charge in [-0.2, -0.15) is 0 Å². The Balaban J connectivity index is 3.24. The maximum atomic E-state index is 11.5. The summed E-state index contributed by atoms with van der Waals surface area (Å²) >= 11 is 0. The summed E-state index contributed by atoms with van der Waals surface area (Å²) in [5.41, 5.74) is 3.85. The lowest BCUT2D eigenvalue weighted by atomic mass is 9.89. The van der Waals surface area contributed by atoms with E-state index >= 15 is 0 Å². The Morgan fingerprint density at radius 2 is 1.43 bits per heavy atom. The largest absolute Gasteiger partial charge is 0.507 e. The van der Waals surface area contributed by atoms with Crippen molar-refractivity contribution in [2.45, 2.75) is 78.6 Å². The fourth-order valence-corrected chi connectivity index (χ4v) is 2.79. The van der Waals surface area contributed by atoms with Crippen LogP contribution in [0.1, 0.15) is 86.3 Å². The minimum Gasteiger partial charge on any atom is -0.507 e. The zero-order valence-electron chi connectivity index (χ0n) is 13.9. The molecule has 0 unspecified atom stereocenters. The van der Waals surface area contributed by atoms with Crippen LogP contribution in [0.4, 0.5) is 0 Å². The second kappa shape index (κ2) is 9.59. The number of carbonyl (C=O) groups is 1. The summed E-state index contributed by atoms with van der Waals surface area (Å²) in [6.07, 6.45) is 10.1. The van der Waals surface area contributed by atoms with Crippen LogP contribution in [0.15, 0.2) is 6.07 Å². The van der Waals surface area contributed by atoms with Crippen LogP contribution in [0.25, 0.3) is 0 Å². The standard InChI is InChI=1S/C19H30O2/c1-4-7-10-15-13-16(14-20)17(11-8-5-2)18(19(15)21)12-9-6-3/h13-14,21H,4-12H2,1-3H3. The van der Waals surface area contributed by atoms with Crippen LogP contribution in [0.5, 0.6) is 5.75 Å². The molecular weight excluding hydrogens is 260 g/mol. The topological polar surface area (TPSA) is 37.3 Å². The van der Waals surface area contributed by atoms with Crippen LogP contribution in [0, 0.1) is 0 Å². The van der Waals surface area contributed by atoms with Gasteiger partial charge in [-0.05, 0) is 61.3 Å². The van der Waals surface area contributed by atoms with Gasteiger partial charge < -0.3 is 5.11 Å². The van der Waals surface area contributed by atoms with Crippen LogP contribution in [0.2, 0.25) is 0 Å². The molecule has 0 fully saturated rings. The monoisotopic (exact) mass is 290 g/mol. The molecule has 21 heavy (non-hydrogen) atoms. The number of rotatable bonds is 10. The first kappa shape index (κ1) is 17.7. The minimum atomic E-state index is 0.452. The highest BCUT2D eigenvalue weighted by Gasteiger charge is 2.16. The Labute approximate surface area is 129 Å². The van der Waals surface area contributed by atoms with E-state index in [2.05, 4.69) is 20.8 Å². The molecule has 0 spiro atoms. The average Bonchev–Trinajstić information content (AvgIpc) is 2.50. The minimum absolute atomic E-state index is 0.452. The van der Waals surface area contributed by atoms with Crippen LogP contribution < -0.4 is 0 Å². The third-order valence-electron chi connectivity index (χ3n) is 4.12. The van der Waals surface area contributed by atoms with Crippen molar-refractivity contribution in [1.82, 2.24) is 0 Å². The molecule has 0 atom stereocenters. The highest BCUT2D eigenvalue weighted by atomic mass is 16.3. The van der Waals surface area contributed by atoms with Gasteiger partial charge in [-0.3, -0.25) is 4.79 Å². The molecule has 2 nitrogen and oxygen atoms in total. The Hall–Kier alpha value is -1.31. The number of aldehydes is 1. The smallest absolute Gasteiger partial charge is 0.150 e. The fraction of sp³-hybridized carbons (Fsp3) is 0.632. The Bertz CT molecular complexity index is 449. The lowest BCUT2D eigenvalue weighted by Gasteiger charge is -2.17. The SMILES string of the molecule is CCCCc1cc(C=O)c(CCCC)c(CCCC)c1O. The highest BCUT2D eigenvalue weighted by Crippen LogP contribution is 2.32. The number of carbonyl (C=O) groups excluding carboxylic acids is 1. The molecule has 118 valence electrons. The van der Waals surface area contributed by atoms with Crippen LogP contribution in [0.3, 0.4) is 0 Å². The zero-order chi connectivity index (χ0) is 15.7. The first-order valence-corrected chi connectivity index (χ1v) is 8.51. The molecule has 0 aliphatic carbocycles. The number of benzene rings is 1. The van der Waals surface area contributed by atoms with Gasteiger partial charge in [-0.15, -0.1) is 0 Å². The summed E-state index contributed by atoms with van der Waals surface area (Å²) in [6, 6.07) is 1.92. The molecule has 0 amide bonds. The van der Waals surface area contributed by atoms with Crippen LogP contribution >= 0.6 is 0 Å². The van der Waals surface area contributed by atoms with Crippen molar-refractivity contribution in [2.24, 2.45) is 0 Å². The van der Waals surface area contributed by atoms with Crippen LogP contribution in [-0.2, 0) is 19.3 Å². The molecule has 1 aromatic carbocycles. The summed E-state index contributed by atoms with van der Waals surface area (Å²) in [5.74, 6) is 0.452. The molecule has 1 aromatic rings. The maximum absolute atomic E-state index is 11.5. The Morgan fingerprint density at radius 1 is 0.905 bits per heavy atom. The van der Waals surface area contributed by atoms with E-state index in [1.807, 2.05) is 6.07 Å². The normalized spacial score (nSPS) is 10.8. The van der Waals surface area contributed by atoms with Crippen molar-refractivity contribution in [2.75, 3.05) is 0 Å². The second-order valence-electron chi connectivity index (χ2n) is 5.86. The van der Waals surface area contributed by atoms with Gasteiger partial charge in [0.15, 0.2) is 0 Å². The van der Waals surface area contributed by atoms with Crippen molar-refractivity contribution >= 4 is 6.29 Å². The van der Waals surface area contributed by atoms with Crippen molar-refractivity contribution in [3.8, 4) is 5.75 Å². The summed E-state index contributed by atoms with van der Waals surface area (Å²) in [6.45, 7) is 6.46. The van der Waals surface area contributed by atoms with Gasteiger partial charge >= 0.3 is 0 Å². The molecule has 0 aromatic heterocycles. The van der Waals surface area contributed by atoms with E-state index in [1.54, 1.807) is 0 Å². The van der Waals surface area contributed by atoms with E-state index < -0.39 is 0 Å². The molecule has 0 saturated heterocycles. The molecule has 0 aliphatic rings. The van der Waals surface area contributed by atoms with E-state index in [9.17, 15) is 9.90 Å². The molecular formula is C19H30O2. The van der Waals surface area contributed by atoms with E-state index in [0.29, 0.717) is 5.75 Å². The van der Waals surface area contributed by atoms with Crippen molar-refractivity contribution in [1.29, 1.82) is 0 Å². The van der Waals surface area contributed by atoms with Crippen molar-refractivity contribution in [3.63, 3.8) is 0 Å². The number of aryl methyl sites for hydroxylation is 1. The molecule has 0 saturated carbocycles. The lowest BCUT2D eigenvalue weighted by molar-refractivity contribution is 0.112. The maximum Gasteiger partial charge on any atom is 0.150 e. The second-order valence-corrected chi connectivity index (χ2v) is 5.86. The fourth-order valence-electron chi connectivity index (χ4n) is 2.79. The average molecular weight is 290 g/mol. The number of hydrogen-bond donors (Lipinski definition) is 1. The molecule has 1 N–H and O–H groups in total. The summed E-state index contributed by atoms with van der Waals surface area (Å²) < 4.78 is 0. The lowest BCUT2D eigenvalue weighted by Crippen LogP contribution is -2.04. The third kappa shape index (κ3) is 4.87. The molecule has 0 heterocycles. The number of phenolic OH excluding ortho intramolecular Hbond substituents is 1. The number of phenols is 1. The van der Waals surface area contributed by atoms with Gasteiger partial charge in [-0.1, -0.05) is 40.0 Å². The number of aromatic hydroxyl groups is 1. The zero-order valence-corrected chi connectivity index (χ0v) is 13.9. The summed E-state index contributed by atoms with van der Waals surface area (Å²) in [5, 5.41) is 10.6. The van der Waals surface area contributed by atoms with E-state index in [1.165, 1.54) is 0 Å². The summed E-state index contributed by atoms with van der Waals surface area (Å²) in [7, 11) is 0. The van der Waals surface area contributed by atoms with E-state index in [4.69, 9.17) is 0 Å². The number of unbranched alkanes of at least 4 members (excludes halogenated alkanes) is 3. The first-order chi connectivity index (χ1) is 10.2. The molecule has 0 aliphatic heterocycles.